The SMILES string of the molecule is COc1cc2nc(C[C@H]3C[C@H]4CC[C@H]3C4)oc(=O)c2cc1OC. The Kier molecular flexibility index (Phi) is 3.51. The Bertz CT molecular complexity index is 797. The Hall–Kier alpha value is -2.04. The highest BCUT2D eigenvalue weighted by atomic mass is 16.5. The molecule has 0 unspecified atom stereocenters. The lowest BCUT2D eigenvalue weighted by Gasteiger charge is -2.20. The first kappa shape index (κ1) is 14.5. The third-order valence-corrected chi connectivity index (χ3v) is 5.50. The summed E-state index contributed by atoms with van der Waals surface area (Å²) in [7, 11) is 3.12. The molecule has 1 heterocycles. The molecule has 122 valence electrons. The van der Waals surface area contributed by atoms with Gasteiger partial charge in [-0.15, -0.1) is 0 Å². The summed E-state index contributed by atoms with van der Waals surface area (Å²) in [6.45, 7) is 0. The van der Waals surface area contributed by atoms with Crippen molar-refractivity contribution in [2.45, 2.75) is 32.1 Å². The molecule has 0 N–H and O–H groups in total. The maximum absolute atomic E-state index is 12.3. The largest absolute Gasteiger partial charge is 0.493 e. The molecule has 0 amide bonds. The summed E-state index contributed by atoms with van der Waals surface area (Å²) >= 11 is 0. The van der Waals surface area contributed by atoms with Crippen LogP contribution in [-0.2, 0) is 6.42 Å². The molecule has 2 saturated carbocycles. The van der Waals surface area contributed by atoms with Gasteiger partial charge in [0.05, 0.1) is 25.1 Å². The number of aromatic nitrogens is 1. The zero-order valence-electron chi connectivity index (χ0n) is 13.5. The molecule has 0 radical (unpaired) electrons. The summed E-state index contributed by atoms with van der Waals surface area (Å²) in [6, 6.07) is 3.38. The topological polar surface area (TPSA) is 61.6 Å². The van der Waals surface area contributed by atoms with Crippen LogP contribution in [0.25, 0.3) is 10.9 Å². The molecule has 2 aliphatic carbocycles. The Balaban J connectivity index is 1.70. The molecule has 5 nitrogen and oxygen atoms in total. The van der Waals surface area contributed by atoms with Crippen LogP contribution in [0.1, 0.15) is 31.6 Å². The molecule has 5 heteroatoms. The smallest absolute Gasteiger partial charge is 0.346 e. The van der Waals surface area contributed by atoms with E-state index in [9.17, 15) is 4.79 Å². The van der Waals surface area contributed by atoms with Crippen molar-refractivity contribution >= 4 is 10.9 Å². The number of methoxy groups -OCH3 is 2. The molecule has 23 heavy (non-hydrogen) atoms. The number of hydrogen-bond acceptors (Lipinski definition) is 5. The summed E-state index contributed by atoms with van der Waals surface area (Å²) < 4.78 is 16.0. The van der Waals surface area contributed by atoms with Crippen LogP contribution >= 0.6 is 0 Å². The van der Waals surface area contributed by atoms with E-state index < -0.39 is 0 Å². The molecule has 2 bridgehead atoms. The number of nitrogens with zero attached hydrogens (tertiary/aromatic N) is 1. The van der Waals surface area contributed by atoms with Crippen molar-refractivity contribution < 1.29 is 13.9 Å². The number of ether oxygens (including phenoxy) is 2. The Morgan fingerprint density at radius 3 is 2.61 bits per heavy atom. The van der Waals surface area contributed by atoms with Crippen molar-refractivity contribution in [3.8, 4) is 11.5 Å². The van der Waals surface area contributed by atoms with E-state index >= 15 is 0 Å². The molecule has 0 aliphatic heterocycles. The molecule has 0 saturated heterocycles. The molecular formula is C18H21NO4. The lowest BCUT2D eigenvalue weighted by molar-refractivity contribution is 0.299. The normalized spacial score (nSPS) is 25.9. The molecule has 0 spiro atoms. The van der Waals surface area contributed by atoms with Gasteiger partial charge >= 0.3 is 5.63 Å². The first-order valence-corrected chi connectivity index (χ1v) is 8.23. The van der Waals surface area contributed by atoms with Gasteiger partial charge in [-0.05, 0) is 37.0 Å². The van der Waals surface area contributed by atoms with Gasteiger partial charge in [0.15, 0.2) is 17.4 Å². The monoisotopic (exact) mass is 315 g/mol. The van der Waals surface area contributed by atoms with Crippen molar-refractivity contribution in [2.24, 2.45) is 17.8 Å². The van der Waals surface area contributed by atoms with Gasteiger partial charge in [-0.2, -0.15) is 0 Å². The lowest BCUT2D eigenvalue weighted by atomic mass is 9.86. The lowest BCUT2D eigenvalue weighted by Crippen LogP contribution is -2.15. The molecule has 1 aromatic heterocycles. The fourth-order valence-corrected chi connectivity index (χ4v) is 4.38. The fourth-order valence-electron chi connectivity index (χ4n) is 4.38. The van der Waals surface area contributed by atoms with E-state index in [1.807, 2.05) is 0 Å². The Morgan fingerprint density at radius 2 is 1.96 bits per heavy atom. The van der Waals surface area contributed by atoms with Crippen molar-refractivity contribution in [3.05, 3.63) is 28.4 Å². The zero-order valence-corrected chi connectivity index (χ0v) is 13.5. The second-order valence-electron chi connectivity index (χ2n) is 6.76. The highest BCUT2D eigenvalue weighted by molar-refractivity contribution is 5.81. The second-order valence-corrected chi connectivity index (χ2v) is 6.76. The van der Waals surface area contributed by atoms with E-state index in [1.54, 1.807) is 26.4 Å². The van der Waals surface area contributed by atoms with Gasteiger partial charge in [-0.1, -0.05) is 6.42 Å². The van der Waals surface area contributed by atoms with Crippen LogP contribution in [0, 0.1) is 17.8 Å². The van der Waals surface area contributed by atoms with Crippen LogP contribution in [0.3, 0.4) is 0 Å². The maximum atomic E-state index is 12.3. The minimum atomic E-state index is -0.353. The number of fused-ring (bicyclic) bond motifs is 3. The van der Waals surface area contributed by atoms with Gasteiger partial charge < -0.3 is 13.9 Å². The highest BCUT2D eigenvalue weighted by Gasteiger charge is 2.39. The van der Waals surface area contributed by atoms with Gasteiger partial charge in [0, 0.05) is 18.6 Å². The Labute approximate surface area is 134 Å². The van der Waals surface area contributed by atoms with Crippen LogP contribution in [0.15, 0.2) is 21.3 Å². The van der Waals surface area contributed by atoms with Crippen LogP contribution in [-0.4, -0.2) is 19.2 Å². The van der Waals surface area contributed by atoms with E-state index in [2.05, 4.69) is 4.98 Å². The molecule has 4 rings (SSSR count). The minimum Gasteiger partial charge on any atom is -0.493 e. The first-order chi connectivity index (χ1) is 11.2. The quantitative estimate of drug-likeness (QED) is 0.867. The number of benzene rings is 1. The van der Waals surface area contributed by atoms with Gasteiger partial charge in [0.25, 0.3) is 0 Å². The van der Waals surface area contributed by atoms with E-state index in [0.717, 1.165) is 18.3 Å². The van der Waals surface area contributed by atoms with Crippen molar-refractivity contribution in [3.63, 3.8) is 0 Å². The van der Waals surface area contributed by atoms with Crippen molar-refractivity contribution in [1.29, 1.82) is 0 Å². The Morgan fingerprint density at radius 1 is 1.17 bits per heavy atom. The standard InChI is InChI=1S/C18H21NO4/c1-21-15-8-13-14(9-16(15)22-2)19-17(23-18(13)20)7-12-6-10-3-4-11(12)5-10/h8-12H,3-7H2,1-2H3/t10-,11-,12+/m0/s1. The van der Waals surface area contributed by atoms with E-state index in [4.69, 9.17) is 13.9 Å². The second kappa shape index (κ2) is 5.55. The highest BCUT2D eigenvalue weighted by Crippen LogP contribution is 2.49. The summed E-state index contributed by atoms with van der Waals surface area (Å²) in [5.74, 6) is 3.91. The predicted octanol–water partition coefficient (Wildman–Crippen LogP) is 3.18. The zero-order chi connectivity index (χ0) is 16.0. The van der Waals surface area contributed by atoms with Crippen LogP contribution in [0.4, 0.5) is 0 Å². The summed E-state index contributed by atoms with van der Waals surface area (Å²) in [5.41, 5.74) is 0.256. The van der Waals surface area contributed by atoms with Gasteiger partial charge in [0.2, 0.25) is 0 Å². The van der Waals surface area contributed by atoms with Gasteiger partial charge in [-0.3, -0.25) is 0 Å². The first-order valence-electron chi connectivity index (χ1n) is 8.23. The molecular weight excluding hydrogens is 294 g/mol. The average Bonchev–Trinajstić information content (AvgIpc) is 3.16. The van der Waals surface area contributed by atoms with Crippen molar-refractivity contribution in [2.75, 3.05) is 14.2 Å². The van der Waals surface area contributed by atoms with E-state index in [-0.39, 0.29) is 5.63 Å². The fraction of sp³-hybridized carbons (Fsp3) is 0.556. The molecule has 2 aromatic rings. The predicted molar refractivity (Wildman–Crippen MR) is 86.0 cm³/mol. The summed E-state index contributed by atoms with van der Waals surface area (Å²) in [6.07, 6.45) is 6.04. The van der Waals surface area contributed by atoms with Crippen LogP contribution < -0.4 is 15.1 Å². The molecule has 2 aliphatic rings. The summed E-state index contributed by atoms with van der Waals surface area (Å²) in [5, 5.41) is 0.430. The molecule has 1 aromatic carbocycles. The van der Waals surface area contributed by atoms with E-state index in [0.29, 0.717) is 34.2 Å². The van der Waals surface area contributed by atoms with Crippen LogP contribution in [0.5, 0.6) is 11.5 Å². The molecule has 3 atom stereocenters. The third-order valence-electron chi connectivity index (χ3n) is 5.50. The maximum Gasteiger partial charge on any atom is 0.346 e. The third kappa shape index (κ3) is 2.48. The number of rotatable bonds is 4. The van der Waals surface area contributed by atoms with Gasteiger partial charge in [0.1, 0.15) is 0 Å². The van der Waals surface area contributed by atoms with Crippen LogP contribution in [0.2, 0.25) is 0 Å². The minimum absolute atomic E-state index is 0.353. The average molecular weight is 315 g/mol. The number of hydrogen-bond donors (Lipinski definition) is 0. The van der Waals surface area contributed by atoms with E-state index in [1.165, 1.54) is 25.7 Å². The molecule has 2 fully saturated rings. The van der Waals surface area contributed by atoms with Crippen molar-refractivity contribution in [1.82, 2.24) is 4.98 Å². The summed E-state index contributed by atoms with van der Waals surface area (Å²) in [4.78, 5) is 16.9. The van der Waals surface area contributed by atoms with Gasteiger partial charge in [-0.25, -0.2) is 9.78 Å².